The first-order chi connectivity index (χ1) is 9.70. The van der Waals surface area contributed by atoms with Gasteiger partial charge in [0.05, 0.1) is 6.10 Å². The Labute approximate surface area is 123 Å². The van der Waals surface area contributed by atoms with Crippen LogP contribution < -0.4 is 10.1 Å². The third-order valence-corrected chi connectivity index (χ3v) is 3.94. The highest BCUT2D eigenvalue weighted by Gasteiger charge is 2.22. The summed E-state index contributed by atoms with van der Waals surface area (Å²) in [5.74, 6) is 1.01. The van der Waals surface area contributed by atoms with Crippen molar-refractivity contribution >= 4 is 0 Å². The summed E-state index contributed by atoms with van der Waals surface area (Å²) in [5, 5.41) is 3.60. The van der Waals surface area contributed by atoms with Crippen molar-refractivity contribution in [3.05, 3.63) is 29.8 Å². The molecule has 0 aromatic heterocycles. The van der Waals surface area contributed by atoms with Crippen LogP contribution in [0.25, 0.3) is 0 Å². The Bertz CT molecular complexity index is 406. The van der Waals surface area contributed by atoms with E-state index in [0.717, 1.165) is 18.8 Å². The van der Waals surface area contributed by atoms with Crippen LogP contribution in [-0.2, 0) is 6.54 Å². The van der Waals surface area contributed by atoms with Crippen molar-refractivity contribution in [1.82, 2.24) is 10.2 Å². The molecule has 1 atom stereocenters. The molecule has 1 fully saturated rings. The molecule has 1 N–H and O–H groups in total. The summed E-state index contributed by atoms with van der Waals surface area (Å²) < 4.78 is 5.86. The van der Waals surface area contributed by atoms with Crippen molar-refractivity contribution in [1.29, 1.82) is 0 Å². The molecule has 0 amide bonds. The zero-order valence-corrected chi connectivity index (χ0v) is 13.1. The predicted octanol–water partition coefficient (Wildman–Crippen LogP) is 3.05. The highest BCUT2D eigenvalue weighted by molar-refractivity contribution is 5.33. The SMILES string of the molecule is CCN1CCC[C@H]1CNCc1ccccc1OC(C)C. The van der Waals surface area contributed by atoms with Crippen molar-refractivity contribution < 1.29 is 4.74 Å². The fraction of sp³-hybridized carbons (Fsp3) is 0.647. The van der Waals surface area contributed by atoms with E-state index in [9.17, 15) is 0 Å². The normalized spacial score (nSPS) is 19.7. The molecular weight excluding hydrogens is 248 g/mol. The summed E-state index contributed by atoms with van der Waals surface area (Å²) in [6.45, 7) is 10.8. The minimum atomic E-state index is 0.224. The van der Waals surface area contributed by atoms with E-state index < -0.39 is 0 Å². The summed E-state index contributed by atoms with van der Waals surface area (Å²) in [6, 6.07) is 9.04. The highest BCUT2D eigenvalue weighted by Crippen LogP contribution is 2.20. The topological polar surface area (TPSA) is 24.5 Å². The molecular formula is C17H28N2O. The van der Waals surface area contributed by atoms with E-state index in [2.05, 4.69) is 49.2 Å². The largest absolute Gasteiger partial charge is 0.491 e. The molecule has 1 aromatic rings. The second-order valence-electron chi connectivity index (χ2n) is 5.83. The van der Waals surface area contributed by atoms with Crippen LogP contribution in [0.2, 0.25) is 0 Å². The first kappa shape index (κ1) is 15.3. The Morgan fingerprint density at radius 1 is 1.35 bits per heavy atom. The Morgan fingerprint density at radius 3 is 2.90 bits per heavy atom. The Morgan fingerprint density at radius 2 is 2.15 bits per heavy atom. The first-order valence-electron chi connectivity index (χ1n) is 7.90. The van der Waals surface area contributed by atoms with Gasteiger partial charge in [0, 0.05) is 24.7 Å². The van der Waals surface area contributed by atoms with E-state index in [4.69, 9.17) is 4.74 Å². The van der Waals surface area contributed by atoms with Crippen molar-refractivity contribution in [2.45, 2.75) is 52.3 Å². The maximum Gasteiger partial charge on any atom is 0.124 e. The van der Waals surface area contributed by atoms with E-state index in [1.165, 1.54) is 31.5 Å². The van der Waals surface area contributed by atoms with E-state index in [0.29, 0.717) is 6.04 Å². The molecule has 0 spiro atoms. The quantitative estimate of drug-likeness (QED) is 0.828. The van der Waals surface area contributed by atoms with Gasteiger partial charge in [0.1, 0.15) is 5.75 Å². The third-order valence-electron chi connectivity index (χ3n) is 3.94. The minimum absolute atomic E-state index is 0.224. The average molecular weight is 276 g/mol. The number of para-hydroxylation sites is 1. The Kier molecular flexibility index (Phi) is 5.86. The van der Waals surface area contributed by atoms with Gasteiger partial charge in [0.2, 0.25) is 0 Å². The summed E-state index contributed by atoms with van der Waals surface area (Å²) in [6.07, 6.45) is 2.89. The average Bonchev–Trinajstić information content (AvgIpc) is 2.87. The number of likely N-dealkylation sites (tertiary alicyclic amines) is 1. The standard InChI is InChI=1S/C17H28N2O/c1-4-19-11-7-9-16(19)13-18-12-15-8-5-6-10-17(15)20-14(2)3/h5-6,8,10,14,16,18H,4,7,9,11-13H2,1-3H3/t16-/m0/s1. The van der Waals surface area contributed by atoms with E-state index in [-0.39, 0.29) is 6.10 Å². The lowest BCUT2D eigenvalue weighted by Crippen LogP contribution is -2.37. The molecule has 20 heavy (non-hydrogen) atoms. The predicted molar refractivity (Wildman–Crippen MR) is 84.2 cm³/mol. The van der Waals surface area contributed by atoms with Gasteiger partial charge in [-0.2, -0.15) is 0 Å². The maximum atomic E-state index is 5.86. The highest BCUT2D eigenvalue weighted by atomic mass is 16.5. The van der Waals surface area contributed by atoms with Gasteiger partial charge in [0.15, 0.2) is 0 Å². The number of rotatable bonds is 7. The molecule has 0 saturated carbocycles. The Balaban J connectivity index is 1.84. The van der Waals surface area contributed by atoms with Gasteiger partial charge in [0.25, 0.3) is 0 Å². The van der Waals surface area contributed by atoms with Crippen LogP contribution >= 0.6 is 0 Å². The van der Waals surface area contributed by atoms with Crippen LogP contribution in [0.3, 0.4) is 0 Å². The molecule has 1 aromatic carbocycles. The first-order valence-corrected chi connectivity index (χ1v) is 7.90. The summed E-state index contributed by atoms with van der Waals surface area (Å²) in [5.41, 5.74) is 1.25. The number of ether oxygens (including phenoxy) is 1. The van der Waals surface area contributed by atoms with Gasteiger partial charge in [-0.3, -0.25) is 4.90 Å². The smallest absolute Gasteiger partial charge is 0.124 e. The molecule has 0 unspecified atom stereocenters. The number of hydrogen-bond acceptors (Lipinski definition) is 3. The molecule has 1 aliphatic rings. The van der Waals surface area contributed by atoms with Crippen molar-refractivity contribution in [2.24, 2.45) is 0 Å². The van der Waals surface area contributed by atoms with Crippen molar-refractivity contribution in [2.75, 3.05) is 19.6 Å². The third kappa shape index (κ3) is 4.22. The fourth-order valence-electron chi connectivity index (χ4n) is 2.93. The van der Waals surface area contributed by atoms with Crippen LogP contribution in [0.1, 0.15) is 39.2 Å². The van der Waals surface area contributed by atoms with Gasteiger partial charge < -0.3 is 10.1 Å². The second kappa shape index (κ2) is 7.65. The molecule has 112 valence electrons. The van der Waals surface area contributed by atoms with E-state index in [1.807, 2.05) is 6.07 Å². The molecule has 3 heteroatoms. The van der Waals surface area contributed by atoms with Crippen molar-refractivity contribution in [3.63, 3.8) is 0 Å². The molecule has 1 aliphatic heterocycles. The number of nitrogens with zero attached hydrogens (tertiary/aromatic N) is 1. The molecule has 1 saturated heterocycles. The molecule has 0 radical (unpaired) electrons. The van der Waals surface area contributed by atoms with Gasteiger partial charge in [-0.05, 0) is 45.8 Å². The molecule has 0 bridgehead atoms. The van der Waals surface area contributed by atoms with Gasteiger partial charge in [-0.15, -0.1) is 0 Å². The molecule has 3 nitrogen and oxygen atoms in total. The number of hydrogen-bond donors (Lipinski definition) is 1. The van der Waals surface area contributed by atoms with Crippen LogP contribution in [0.4, 0.5) is 0 Å². The molecule has 0 aliphatic carbocycles. The Hall–Kier alpha value is -1.06. The maximum absolute atomic E-state index is 5.86. The lowest BCUT2D eigenvalue weighted by molar-refractivity contribution is 0.238. The number of benzene rings is 1. The lowest BCUT2D eigenvalue weighted by Gasteiger charge is -2.23. The van der Waals surface area contributed by atoms with Gasteiger partial charge >= 0.3 is 0 Å². The lowest BCUT2D eigenvalue weighted by atomic mass is 10.1. The van der Waals surface area contributed by atoms with Gasteiger partial charge in [-0.1, -0.05) is 25.1 Å². The summed E-state index contributed by atoms with van der Waals surface area (Å²) >= 11 is 0. The summed E-state index contributed by atoms with van der Waals surface area (Å²) in [4.78, 5) is 2.57. The zero-order valence-electron chi connectivity index (χ0n) is 13.1. The van der Waals surface area contributed by atoms with E-state index >= 15 is 0 Å². The van der Waals surface area contributed by atoms with Gasteiger partial charge in [-0.25, -0.2) is 0 Å². The van der Waals surface area contributed by atoms with Crippen LogP contribution in [0.15, 0.2) is 24.3 Å². The fourth-order valence-corrected chi connectivity index (χ4v) is 2.93. The minimum Gasteiger partial charge on any atom is -0.491 e. The molecule has 1 heterocycles. The monoisotopic (exact) mass is 276 g/mol. The van der Waals surface area contributed by atoms with E-state index in [1.54, 1.807) is 0 Å². The van der Waals surface area contributed by atoms with Crippen LogP contribution in [-0.4, -0.2) is 36.7 Å². The zero-order chi connectivity index (χ0) is 14.4. The molecule has 2 rings (SSSR count). The second-order valence-corrected chi connectivity index (χ2v) is 5.83. The number of nitrogens with one attached hydrogen (secondary N) is 1. The van der Waals surface area contributed by atoms with Crippen molar-refractivity contribution in [3.8, 4) is 5.75 Å². The van der Waals surface area contributed by atoms with Crippen LogP contribution in [0.5, 0.6) is 5.75 Å². The van der Waals surface area contributed by atoms with Crippen LogP contribution in [0, 0.1) is 0 Å². The number of likely N-dealkylation sites (N-methyl/N-ethyl adjacent to an activating group) is 1. The summed E-state index contributed by atoms with van der Waals surface area (Å²) in [7, 11) is 0.